The zero-order valence-corrected chi connectivity index (χ0v) is 9.28. The molecule has 1 N–H and O–H groups in total. The molecule has 0 radical (unpaired) electrons. The van der Waals surface area contributed by atoms with Gasteiger partial charge < -0.3 is 5.11 Å². The lowest BCUT2D eigenvalue weighted by atomic mass is 10.0. The summed E-state index contributed by atoms with van der Waals surface area (Å²) < 4.78 is 0. The molecule has 0 bridgehead atoms. The Hall–Kier alpha value is -0.960. The highest BCUT2D eigenvalue weighted by Crippen LogP contribution is 2.19. The van der Waals surface area contributed by atoms with Gasteiger partial charge in [-0.25, -0.2) is 0 Å². The normalized spacial score (nSPS) is 13.3. The molecule has 1 aromatic rings. The summed E-state index contributed by atoms with van der Waals surface area (Å²) in [5.74, 6) is 0.466. The maximum atomic E-state index is 9.80. The van der Waals surface area contributed by atoms with Crippen molar-refractivity contribution in [1.29, 1.82) is 0 Å². The molecule has 1 aromatic heterocycles. The van der Waals surface area contributed by atoms with Crippen molar-refractivity contribution in [2.75, 3.05) is 0 Å². The van der Waals surface area contributed by atoms with Crippen LogP contribution in [0.5, 0.6) is 0 Å². The Morgan fingerprint density at radius 2 is 1.93 bits per heavy atom. The maximum absolute atomic E-state index is 9.80. The molecule has 0 fully saturated rings. The average molecular weight is 194 g/mol. The van der Waals surface area contributed by atoms with Crippen molar-refractivity contribution >= 4 is 0 Å². The van der Waals surface area contributed by atoms with E-state index in [1.807, 2.05) is 13.8 Å². The minimum Gasteiger partial charge on any atom is -0.387 e. The van der Waals surface area contributed by atoms with E-state index in [1.54, 1.807) is 6.20 Å². The molecular weight excluding hydrogens is 176 g/mol. The molecule has 0 aliphatic heterocycles. The summed E-state index contributed by atoms with van der Waals surface area (Å²) in [7, 11) is 0. The van der Waals surface area contributed by atoms with Crippen LogP contribution in [-0.4, -0.2) is 15.1 Å². The van der Waals surface area contributed by atoms with E-state index in [0.717, 1.165) is 17.8 Å². The van der Waals surface area contributed by atoms with Crippen molar-refractivity contribution in [1.82, 2.24) is 9.97 Å². The number of hydrogen-bond acceptors (Lipinski definition) is 3. The number of rotatable bonds is 3. The van der Waals surface area contributed by atoms with E-state index >= 15 is 0 Å². The Balaban J connectivity index is 2.80. The fraction of sp³-hybridized carbons (Fsp3) is 0.636. The lowest BCUT2D eigenvalue weighted by molar-refractivity contribution is 0.146. The van der Waals surface area contributed by atoms with Gasteiger partial charge in [0.2, 0.25) is 0 Å². The van der Waals surface area contributed by atoms with Crippen LogP contribution in [0, 0.1) is 19.8 Å². The smallest absolute Gasteiger partial charge is 0.0978 e. The Labute approximate surface area is 85.2 Å². The Morgan fingerprint density at radius 3 is 2.43 bits per heavy atom. The molecule has 0 aromatic carbocycles. The first-order valence-electron chi connectivity index (χ1n) is 4.99. The van der Waals surface area contributed by atoms with E-state index in [2.05, 4.69) is 23.8 Å². The number of aromatic nitrogens is 2. The summed E-state index contributed by atoms with van der Waals surface area (Å²) >= 11 is 0. The van der Waals surface area contributed by atoms with E-state index in [4.69, 9.17) is 0 Å². The molecule has 0 aliphatic rings. The highest BCUT2D eigenvalue weighted by atomic mass is 16.3. The van der Waals surface area contributed by atoms with Crippen molar-refractivity contribution in [3.63, 3.8) is 0 Å². The van der Waals surface area contributed by atoms with E-state index in [-0.39, 0.29) is 0 Å². The van der Waals surface area contributed by atoms with E-state index in [0.29, 0.717) is 11.6 Å². The highest BCUT2D eigenvalue weighted by Gasteiger charge is 2.12. The van der Waals surface area contributed by atoms with Gasteiger partial charge in [0, 0.05) is 0 Å². The van der Waals surface area contributed by atoms with Crippen LogP contribution in [0.3, 0.4) is 0 Å². The van der Waals surface area contributed by atoms with Crippen LogP contribution in [0.2, 0.25) is 0 Å². The van der Waals surface area contributed by atoms with Crippen LogP contribution < -0.4 is 0 Å². The minimum atomic E-state index is -0.484. The molecule has 0 saturated heterocycles. The summed E-state index contributed by atoms with van der Waals surface area (Å²) in [5.41, 5.74) is 2.50. The van der Waals surface area contributed by atoms with Gasteiger partial charge in [-0.15, -0.1) is 0 Å². The van der Waals surface area contributed by atoms with Crippen molar-refractivity contribution in [3.8, 4) is 0 Å². The van der Waals surface area contributed by atoms with Crippen LogP contribution in [-0.2, 0) is 0 Å². The molecule has 1 heterocycles. The van der Waals surface area contributed by atoms with Gasteiger partial charge in [0.05, 0.1) is 29.4 Å². The molecular formula is C11H18N2O. The van der Waals surface area contributed by atoms with Crippen LogP contribution in [0.4, 0.5) is 0 Å². The van der Waals surface area contributed by atoms with E-state index in [9.17, 15) is 5.11 Å². The highest BCUT2D eigenvalue weighted by molar-refractivity contribution is 5.12. The second-order valence-electron chi connectivity index (χ2n) is 4.11. The third kappa shape index (κ3) is 2.77. The van der Waals surface area contributed by atoms with E-state index < -0.39 is 6.10 Å². The third-order valence-corrected chi connectivity index (χ3v) is 2.25. The summed E-state index contributed by atoms with van der Waals surface area (Å²) in [6.07, 6.45) is 1.91. The number of aryl methyl sites for hydroxylation is 2. The molecule has 14 heavy (non-hydrogen) atoms. The van der Waals surface area contributed by atoms with Gasteiger partial charge in [-0.3, -0.25) is 9.97 Å². The predicted octanol–water partition coefficient (Wildman–Crippen LogP) is 2.17. The molecule has 3 nitrogen and oxygen atoms in total. The Morgan fingerprint density at radius 1 is 1.29 bits per heavy atom. The van der Waals surface area contributed by atoms with Crippen LogP contribution >= 0.6 is 0 Å². The molecule has 1 atom stereocenters. The van der Waals surface area contributed by atoms with Gasteiger partial charge >= 0.3 is 0 Å². The number of aliphatic hydroxyl groups excluding tert-OH is 1. The van der Waals surface area contributed by atoms with E-state index in [1.165, 1.54) is 0 Å². The summed E-state index contributed by atoms with van der Waals surface area (Å²) in [4.78, 5) is 8.50. The van der Waals surface area contributed by atoms with Gasteiger partial charge in [-0.1, -0.05) is 13.8 Å². The average Bonchev–Trinajstić information content (AvgIpc) is 2.08. The summed E-state index contributed by atoms with van der Waals surface area (Å²) in [5, 5.41) is 9.80. The topological polar surface area (TPSA) is 46.0 Å². The largest absolute Gasteiger partial charge is 0.387 e. The third-order valence-electron chi connectivity index (χ3n) is 2.25. The number of hydrogen-bond donors (Lipinski definition) is 1. The first kappa shape index (κ1) is 11.1. The van der Waals surface area contributed by atoms with Crippen molar-refractivity contribution < 1.29 is 5.11 Å². The van der Waals surface area contributed by atoms with Gasteiger partial charge in [-0.05, 0) is 26.2 Å². The second-order valence-corrected chi connectivity index (χ2v) is 4.11. The fourth-order valence-electron chi connectivity index (χ4n) is 1.29. The second kappa shape index (κ2) is 4.51. The number of nitrogens with zero attached hydrogens (tertiary/aromatic N) is 2. The molecule has 3 heteroatoms. The van der Waals surface area contributed by atoms with Crippen LogP contribution in [0.15, 0.2) is 6.20 Å². The Kier molecular flexibility index (Phi) is 3.58. The SMILES string of the molecule is Cc1ncc(C(O)CC(C)C)nc1C. The van der Waals surface area contributed by atoms with Crippen LogP contribution in [0.25, 0.3) is 0 Å². The molecule has 1 rings (SSSR count). The monoisotopic (exact) mass is 194 g/mol. The first-order chi connectivity index (χ1) is 6.50. The van der Waals surface area contributed by atoms with Crippen molar-refractivity contribution in [2.45, 2.75) is 40.2 Å². The molecule has 0 saturated carbocycles. The Bertz CT molecular complexity index is 310. The van der Waals surface area contributed by atoms with Crippen LogP contribution in [0.1, 0.15) is 43.5 Å². The standard InChI is InChI=1S/C11H18N2O/c1-7(2)5-11(14)10-6-12-8(3)9(4)13-10/h6-7,11,14H,5H2,1-4H3. The zero-order chi connectivity index (χ0) is 10.7. The number of aliphatic hydroxyl groups is 1. The minimum absolute atomic E-state index is 0.466. The fourth-order valence-corrected chi connectivity index (χ4v) is 1.29. The first-order valence-corrected chi connectivity index (χ1v) is 4.99. The molecule has 1 unspecified atom stereocenters. The van der Waals surface area contributed by atoms with Crippen molar-refractivity contribution in [2.24, 2.45) is 5.92 Å². The zero-order valence-electron chi connectivity index (χ0n) is 9.28. The quantitative estimate of drug-likeness (QED) is 0.802. The van der Waals surface area contributed by atoms with Gasteiger partial charge in [0.1, 0.15) is 0 Å². The summed E-state index contributed by atoms with van der Waals surface area (Å²) in [6, 6.07) is 0. The molecule has 78 valence electrons. The van der Waals surface area contributed by atoms with Crippen molar-refractivity contribution in [3.05, 3.63) is 23.3 Å². The maximum Gasteiger partial charge on any atom is 0.0978 e. The molecule has 0 aliphatic carbocycles. The molecule has 0 amide bonds. The predicted molar refractivity (Wildman–Crippen MR) is 55.9 cm³/mol. The summed E-state index contributed by atoms with van der Waals surface area (Å²) in [6.45, 7) is 7.99. The lowest BCUT2D eigenvalue weighted by Crippen LogP contribution is -2.06. The van der Waals surface area contributed by atoms with Gasteiger partial charge in [-0.2, -0.15) is 0 Å². The van der Waals surface area contributed by atoms with Gasteiger partial charge in [0.15, 0.2) is 0 Å². The lowest BCUT2D eigenvalue weighted by Gasteiger charge is -2.12. The van der Waals surface area contributed by atoms with Gasteiger partial charge in [0.25, 0.3) is 0 Å². The molecule has 0 spiro atoms.